The van der Waals surface area contributed by atoms with Gasteiger partial charge in [-0.05, 0) is 13.3 Å². The molecule has 0 aliphatic heterocycles. The minimum atomic E-state index is -0.535. The molecule has 0 spiro atoms. The number of hydrazine groups is 1. The van der Waals surface area contributed by atoms with Crippen LogP contribution in [0.3, 0.4) is 0 Å². The topological polar surface area (TPSA) is 81.8 Å². The molecule has 0 radical (unpaired) electrons. The zero-order valence-corrected chi connectivity index (χ0v) is 6.15. The van der Waals surface area contributed by atoms with E-state index in [2.05, 4.69) is 5.18 Å². The lowest BCUT2D eigenvalue weighted by Gasteiger charge is -2.32. The summed E-state index contributed by atoms with van der Waals surface area (Å²) in [5.74, 6) is 4.90. The first-order chi connectivity index (χ1) is 4.63. The van der Waals surface area contributed by atoms with Crippen molar-refractivity contribution in [2.45, 2.75) is 32.4 Å². The van der Waals surface area contributed by atoms with Crippen molar-refractivity contribution >= 4 is 0 Å². The summed E-state index contributed by atoms with van der Waals surface area (Å²) >= 11 is 0. The van der Waals surface area contributed by atoms with Crippen LogP contribution in [0.25, 0.3) is 0 Å². The van der Waals surface area contributed by atoms with Gasteiger partial charge in [-0.2, -0.15) is 4.91 Å². The van der Waals surface area contributed by atoms with Gasteiger partial charge < -0.3 is 10.4 Å². The van der Waals surface area contributed by atoms with E-state index in [9.17, 15) is 10.1 Å². The van der Waals surface area contributed by atoms with E-state index in [1.807, 2.05) is 0 Å². The molecular weight excluding hydrogens is 134 g/mol. The summed E-state index contributed by atoms with van der Waals surface area (Å²) in [5.41, 5.74) is 0. The Morgan fingerprint density at radius 3 is 2.40 bits per heavy atom. The average molecular weight is 146 g/mol. The summed E-state index contributed by atoms with van der Waals surface area (Å²) in [6.45, 7) is 3.35. The summed E-state index contributed by atoms with van der Waals surface area (Å²) in [4.78, 5) is 9.94. The Labute approximate surface area is 59.7 Å². The van der Waals surface area contributed by atoms with Gasteiger partial charge in [-0.15, -0.1) is 0 Å². The fourth-order valence-electron chi connectivity index (χ4n) is 0.804. The van der Waals surface area contributed by atoms with Crippen molar-refractivity contribution in [3.63, 3.8) is 0 Å². The SMILES string of the molecule is CCC(C(C)N=O)N(N)[O-]. The molecule has 60 valence electrons. The summed E-state index contributed by atoms with van der Waals surface area (Å²) in [7, 11) is 0. The minimum Gasteiger partial charge on any atom is -0.772 e. The van der Waals surface area contributed by atoms with Crippen LogP contribution < -0.4 is 5.84 Å². The molecule has 0 aromatic carbocycles. The molecule has 2 atom stereocenters. The maximum atomic E-state index is 10.5. The highest BCUT2D eigenvalue weighted by Crippen LogP contribution is 2.06. The van der Waals surface area contributed by atoms with E-state index in [-0.39, 0.29) is 5.17 Å². The Morgan fingerprint density at radius 2 is 2.30 bits per heavy atom. The van der Waals surface area contributed by atoms with E-state index >= 15 is 0 Å². The van der Waals surface area contributed by atoms with E-state index in [1.54, 1.807) is 13.8 Å². The number of nitroso groups, excluding NO2 is 1. The summed E-state index contributed by atoms with van der Waals surface area (Å²) in [5, 5.41) is 13.5. The number of rotatable bonds is 4. The van der Waals surface area contributed by atoms with Gasteiger partial charge in [0.2, 0.25) is 0 Å². The van der Waals surface area contributed by atoms with Gasteiger partial charge in [0, 0.05) is 6.04 Å². The van der Waals surface area contributed by atoms with Gasteiger partial charge in [0.1, 0.15) is 6.04 Å². The Kier molecular flexibility index (Phi) is 4.10. The lowest BCUT2D eigenvalue weighted by atomic mass is 10.1. The molecule has 0 amide bonds. The van der Waals surface area contributed by atoms with E-state index in [4.69, 9.17) is 5.84 Å². The van der Waals surface area contributed by atoms with Crippen molar-refractivity contribution in [1.29, 1.82) is 0 Å². The van der Waals surface area contributed by atoms with Crippen LogP contribution in [0.4, 0.5) is 0 Å². The van der Waals surface area contributed by atoms with E-state index < -0.39 is 12.1 Å². The molecule has 0 aromatic rings. The van der Waals surface area contributed by atoms with Gasteiger partial charge in [0.25, 0.3) is 0 Å². The maximum absolute atomic E-state index is 10.5. The molecule has 10 heavy (non-hydrogen) atoms. The lowest BCUT2D eigenvalue weighted by Crippen LogP contribution is -2.41. The van der Waals surface area contributed by atoms with Crippen LogP contribution in [0.1, 0.15) is 20.3 Å². The second-order valence-electron chi connectivity index (χ2n) is 2.18. The third-order valence-electron chi connectivity index (χ3n) is 1.47. The molecular formula is C5H12N3O2-. The van der Waals surface area contributed by atoms with Crippen molar-refractivity contribution in [2.24, 2.45) is 11.0 Å². The number of hydrogen-bond acceptors (Lipinski definition) is 5. The highest BCUT2D eigenvalue weighted by molar-refractivity contribution is 4.77. The number of hydroxylamine groups is 1. The van der Waals surface area contributed by atoms with Crippen LogP contribution in [0.5, 0.6) is 0 Å². The predicted molar refractivity (Wildman–Crippen MR) is 38.7 cm³/mol. The molecule has 0 rings (SSSR count). The second-order valence-corrected chi connectivity index (χ2v) is 2.18. The van der Waals surface area contributed by atoms with Crippen molar-refractivity contribution in [3.05, 3.63) is 10.1 Å². The summed E-state index contributed by atoms with van der Waals surface area (Å²) in [6, 6.07) is -1.02. The van der Waals surface area contributed by atoms with Crippen LogP contribution in [-0.4, -0.2) is 17.3 Å². The Hall–Kier alpha value is -0.520. The fourth-order valence-corrected chi connectivity index (χ4v) is 0.804. The van der Waals surface area contributed by atoms with Crippen LogP contribution in [0.15, 0.2) is 5.18 Å². The normalized spacial score (nSPS) is 16.9. The number of nitrogens with two attached hydrogens (primary N) is 1. The summed E-state index contributed by atoms with van der Waals surface area (Å²) < 4.78 is 0. The van der Waals surface area contributed by atoms with Gasteiger partial charge >= 0.3 is 0 Å². The second kappa shape index (κ2) is 4.32. The third kappa shape index (κ3) is 2.38. The first kappa shape index (κ1) is 9.48. The van der Waals surface area contributed by atoms with Crippen molar-refractivity contribution in [1.82, 2.24) is 5.17 Å². The molecule has 0 aliphatic carbocycles. The van der Waals surface area contributed by atoms with E-state index in [1.165, 1.54) is 0 Å². The molecule has 0 saturated carbocycles. The fraction of sp³-hybridized carbons (Fsp3) is 1.00. The number of hydrogen-bond donors (Lipinski definition) is 1. The van der Waals surface area contributed by atoms with Crippen LogP contribution in [0.2, 0.25) is 0 Å². The maximum Gasteiger partial charge on any atom is 0.105 e. The minimum absolute atomic E-state index is 0.284. The Bertz CT molecular complexity index is 107. The van der Waals surface area contributed by atoms with Crippen LogP contribution in [0, 0.1) is 10.1 Å². The highest BCUT2D eigenvalue weighted by Gasteiger charge is 2.14. The third-order valence-corrected chi connectivity index (χ3v) is 1.47. The van der Waals surface area contributed by atoms with Gasteiger partial charge in [-0.3, -0.25) is 5.84 Å². The van der Waals surface area contributed by atoms with Gasteiger partial charge in [-0.1, -0.05) is 12.1 Å². The quantitative estimate of drug-likeness (QED) is 0.357. The lowest BCUT2D eigenvalue weighted by molar-refractivity contribution is 0.247. The Morgan fingerprint density at radius 1 is 1.80 bits per heavy atom. The standard InChI is InChI=1S/C5H12N3O2/c1-3-5(8(6)10)4(2)7-9/h4-5H,3,6H2,1-2H3/q-1. The van der Waals surface area contributed by atoms with Crippen molar-refractivity contribution in [2.75, 3.05) is 0 Å². The smallest absolute Gasteiger partial charge is 0.105 e. The first-order valence-corrected chi connectivity index (χ1v) is 3.17. The predicted octanol–water partition coefficient (Wildman–Crippen LogP) is 0.593. The zero-order valence-electron chi connectivity index (χ0n) is 6.15. The molecule has 2 N–H and O–H groups in total. The van der Waals surface area contributed by atoms with Crippen LogP contribution >= 0.6 is 0 Å². The molecule has 0 aliphatic rings. The first-order valence-electron chi connectivity index (χ1n) is 3.17. The molecule has 5 nitrogen and oxygen atoms in total. The van der Waals surface area contributed by atoms with Gasteiger partial charge in [0.15, 0.2) is 0 Å². The molecule has 5 heteroatoms. The average Bonchev–Trinajstić information content (AvgIpc) is 1.88. The van der Waals surface area contributed by atoms with E-state index in [0.717, 1.165) is 0 Å². The zero-order chi connectivity index (χ0) is 8.15. The van der Waals surface area contributed by atoms with Crippen molar-refractivity contribution in [3.8, 4) is 0 Å². The van der Waals surface area contributed by atoms with Crippen molar-refractivity contribution < 1.29 is 0 Å². The molecule has 0 saturated heterocycles. The van der Waals surface area contributed by atoms with Gasteiger partial charge in [-0.25, -0.2) is 0 Å². The van der Waals surface area contributed by atoms with E-state index in [0.29, 0.717) is 6.42 Å². The monoisotopic (exact) mass is 146 g/mol. The van der Waals surface area contributed by atoms with Crippen LogP contribution in [-0.2, 0) is 0 Å². The van der Waals surface area contributed by atoms with Gasteiger partial charge in [0.05, 0.1) is 0 Å². The Balaban J connectivity index is 3.92. The molecule has 0 bridgehead atoms. The molecule has 0 heterocycles. The summed E-state index contributed by atoms with van der Waals surface area (Å²) in [6.07, 6.45) is 0.535. The highest BCUT2D eigenvalue weighted by atomic mass is 16.5. The largest absolute Gasteiger partial charge is 0.772 e. The molecule has 2 unspecified atom stereocenters. The molecule has 0 aromatic heterocycles. The number of nitrogens with zero attached hydrogens (tertiary/aromatic N) is 2. The molecule has 0 fully saturated rings.